The van der Waals surface area contributed by atoms with Gasteiger partial charge in [0.15, 0.2) is 16.3 Å². The molecule has 0 saturated heterocycles. The molecule has 74 valence electrons. The van der Waals surface area contributed by atoms with Crippen LogP contribution in [0.15, 0.2) is 0 Å². The predicted molar refractivity (Wildman–Crippen MR) is 45.7 cm³/mol. The van der Waals surface area contributed by atoms with Gasteiger partial charge in [0.1, 0.15) is 0 Å². The Morgan fingerprint density at radius 3 is 1.83 bits per heavy atom. The van der Waals surface area contributed by atoms with Crippen LogP contribution in [0.3, 0.4) is 0 Å². The molecule has 0 saturated carbocycles. The number of carbonyl (C=O) groups is 1. The highest BCUT2D eigenvalue weighted by molar-refractivity contribution is 9.06. The SMILES string of the molecule is CC(=O)OBr.OCCOCCO. The summed E-state index contributed by atoms with van der Waals surface area (Å²) in [4.78, 5) is 9.54. The Kier molecular flexibility index (Phi) is 16.1. The number of aliphatic hydroxyl groups excluding tert-OH is 2. The second-order valence-electron chi connectivity index (χ2n) is 1.63. The first-order chi connectivity index (χ1) is 5.68. The Labute approximate surface area is 79.7 Å². The average Bonchev–Trinajstić information content (AvgIpc) is 2.07. The molecule has 2 N–H and O–H groups in total. The van der Waals surface area contributed by atoms with E-state index in [2.05, 4.69) is 24.8 Å². The summed E-state index contributed by atoms with van der Waals surface area (Å²) >= 11 is 2.46. The van der Waals surface area contributed by atoms with Gasteiger partial charge in [0.05, 0.1) is 26.4 Å². The van der Waals surface area contributed by atoms with Crippen molar-refractivity contribution < 1.29 is 23.6 Å². The van der Waals surface area contributed by atoms with Crippen LogP contribution in [0.2, 0.25) is 0 Å². The average molecular weight is 245 g/mol. The van der Waals surface area contributed by atoms with Crippen LogP contribution in [0.1, 0.15) is 6.92 Å². The zero-order valence-corrected chi connectivity index (χ0v) is 8.41. The van der Waals surface area contributed by atoms with E-state index in [0.29, 0.717) is 13.2 Å². The summed E-state index contributed by atoms with van der Waals surface area (Å²) in [5.74, 6) is -0.329. The first-order valence-electron chi connectivity index (χ1n) is 3.27. The summed E-state index contributed by atoms with van der Waals surface area (Å²) in [6.07, 6.45) is 0. The highest BCUT2D eigenvalue weighted by Crippen LogP contribution is 1.80. The Morgan fingerprint density at radius 2 is 1.67 bits per heavy atom. The van der Waals surface area contributed by atoms with Crippen LogP contribution in [0, 0.1) is 0 Å². The van der Waals surface area contributed by atoms with Gasteiger partial charge in [-0.3, -0.25) is 4.79 Å². The van der Waals surface area contributed by atoms with Gasteiger partial charge in [-0.2, -0.15) is 0 Å². The maximum atomic E-state index is 9.54. The number of hydrogen-bond acceptors (Lipinski definition) is 5. The molecule has 0 radical (unpaired) electrons. The molecule has 0 heterocycles. The highest BCUT2D eigenvalue weighted by Gasteiger charge is 1.79. The van der Waals surface area contributed by atoms with E-state index in [-0.39, 0.29) is 19.2 Å². The van der Waals surface area contributed by atoms with E-state index < -0.39 is 0 Å². The monoisotopic (exact) mass is 244 g/mol. The molecule has 0 spiro atoms. The minimum atomic E-state index is -0.329. The zero-order valence-electron chi connectivity index (χ0n) is 6.83. The Hall–Kier alpha value is -0.170. The third-order valence-corrected chi connectivity index (χ3v) is 1.04. The third-order valence-electron chi connectivity index (χ3n) is 0.580. The first-order valence-corrected chi connectivity index (χ1v) is 3.92. The van der Waals surface area contributed by atoms with Crippen LogP contribution in [0.4, 0.5) is 0 Å². The van der Waals surface area contributed by atoms with E-state index in [1.807, 2.05) is 0 Å². The van der Waals surface area contributed by atoms with E-state index >= 15 is 0 Å². The van der Waals surface area contributed by atoms with E-state index in [1.54, 1.807) is 0 Å². The summed E-state index contributed by atoms with van der Waals surface area (Å²) in [6, 6.07) is 0. The van der Waals surface area contributed by atoms with Gasteiger partial charge in [-0.05, 0) is 0 Å². The largest absolute Gasteiger partial charge is 0.394 e. The molecule has 0 rings (SSSR count). The van der Waals surface area contributed by atoms with Crippen LogP contribution in [-0.4, -0.2) is 42.6 Å². The molecule has 0 atom stereocenters. The minimum absolute atomic E-state index is 0.0278. The molecule has 12 heavy (non-hydrogen) atoms. The lowest BCUT2D eigenvalue weighted by atomic mass is 10.7. The van der Waals surface area contributed by atoms with Crippen molar-refractivity contribution in [2.45, 2.75) is 6.92 Å². The molecule has 0 aromatic heterocycles. The Balaban J connectivity index is 0. The molecule has 0 fully saturated rings. The number of hydrogen-bond donors (Lipinski definition) is 2. The van der Waals surface area contributed by atoms with Crippen molar-refractivity contribution in [1.29, 1.82) is 0 Å². The smallest absolute Gasteiger partial charge is 0.314 e. The Morgan fingerprint density at radius 1 is 1.33 bits per heavy atom. The molecule has 5 nitrogen and oxygen atoms in total. The molecule has 0 aliphatic heterocycles. The van der Waals surface area contributed by atoms with E-state index in [0.717, 1.165) is 0 Å². The van der Waals surface area contributed by atoms with Gasteiger partial charge in [0.2, 0.25) is 0 Å². The van der Waals surface area contributed by atoms with E-state index in [4.69, 9.17) is 10.2 Å². The van der Waals surface area contributed by atoms with Crippen molar-refractivity contribution in [2.24, 2.45) is 0 Å². The predicted octanol–water partition coefficient (Wildman–Crippen LogP) is -0.153. The van der Waals surface area contributed by atoms with Crippen LogP contribution < -0.4 is 0 Å². The lowest BCUT2D eigenvalue weighted by molar-refractivity contribution is -0.129. The van der Waals surface area contributed by atoms with Crippen LogP contribution in [-0.2, 0) is 13.4 Å². The van der Waals surface area contributed by atoms with E-state index in [1.165, 1.54) is 6.92 Å². The fourth-order valence-electron chi connectivity index (χ4n) is 0.231. The molecule has 0 bridgehead atoms. The van der Waals surface area contributed by atoms with Gasteiger partial charge >= 0.3 is 5.97 Å². The molecular formula is C6H13BrO5. The van der Waals surface area contributed by atoms with Crippen molar-refractivity contribution in [2.75, 3.05) is 26.4 Å². The maximum absolute atomic E-state index is 9.54. The summed E-state index contributed by atoms with van der Waals surface area (Å²) in [7, 11) is 0. The molecule has 6 heteroatoms. The molecule has 0 aromatic rings. The summed E-state index contributed by atoms with van der Waals surface area (Å²) in [5, 5.41) is 16.2. The number of aliphatic hydroxyl groups is 2. The molecule has 0 unspecified atom stereocenters. The van der Waals surface area contributed by atoms with Crippen LogP contribution >= 0.6 is 16.3 Å². The standard InChI is InChI=1S/C4H10O3.C2H3BrO2/c5-1-3-7-4-2-6;1-2(4)5-3/h5-6H,1-4H2;1H3. The topological polar surface area (TPSA) is 76.0 Å². The number of carbonyl (C=O) groups excluding carboxylic acids is 1. The zero-order chi connectivity index (χ0) is 9.82. The molecular weight excluding hydrogens is 232 g/mol. The van der Waals surface area contributed by atoms with Crippen molar-refractivity contribution in [3.63, 3.8) is 0 Å². The Bertz CT molecular complexity index is 93.9. The van der Waals surface area contributed by atoms with E-state index in [9.17, 15) is 4.79 Å². The fourth-order valence-corrected chi connectivity index (χ4v) is 0.231. The number of rotatable bonds is 4. The lowest BCUT2D eigenvalue weighted by Crippen LogP contribution is -2.03. The summed E-state index contributed by atoms with van der Waals surface area (Å²) < 4.78 is 8.56. The quantitative estimate of drug-likeness (QED) is 0.673. The van der Waals surface area contributed by atoms with Crippen LogP contribution in [0.5, 0.6) is 0 Å². The van der Waals surface area contributed by atoms with Gasteiger partial charge < -0.3 is 18.8 Å². The first kappa shape index (κ1) is 14.4. The highest BCUT2D eigenvalue weighted by atomic mass is 79.9. The molecule has 0 aliphatic carbocycles. The second kappa shape index (κ2) is 13.4. The molecule has 0 amide bonds. The lowest BCUT2D eigenvalue weighted by Gasteiger charge is -1.94. The second-order valence-corrected chi connectivity index (χ2v) is 1.95. The number of ether oxygens (including phenoxy) is 1. The van der Waals surface area contributed by atoms with Gasteiger partial charge in [-0.1, -0.05) is 0 Å². The van der Waals surface area contributed by atoms with Gasteiger partial charge in [-0.25, -0.2) is 0 Å². The molecule has 0 aromatic carbocycles. The van der Waals surface area contributed by atoms with Gasteiger partial charge in [-0.15, -0.1) is 0 Å². The van der Waals surface area contributed by atoms with Gasteiger partial charge in [0, 0.05) is 6.92 Å². The number of halogens is 1. The molecule has 0 aliphatic rings. The fraction of sp³-hybridized carbons (Fsp3) is 0.833. The third kappa shape index (κ3) is 22.5. The van der Waals surface area contributed by atoms with Gasteiger partial charge in [0.25, 0.3) is 0 Å². The minimum Gasteiger partial charge on any atom is -0.394 e. The van der Waals surface area contributed by atoms with Crippen molar-refractivity contribution in [3.8, 4) is 0 Å². The summed E-state index contributed by atoms with van der Waals surface area (Å²) in [5.41, 5.74) is 0. The maximum Gasteiger partial charge on any atom is 0.314 e. The van der Waals surface area contributed by atoms with Crippen LogP contribution in [0.25, 0.3) is 0 Å². The van der Waals surface area contributed by atoms with Crippen molar-refractivity contribution in [3.05, 3.63) is 0 Å². The van der Waals surface area contributed by atoms with Crippen molar-refractivity contribution >= 4 is 22.2 Å². The van der Waals surface area contributed by atoms with Crippen molar-refractivity contribution in [1.82, 2.24) is 0 Å². The summed E-state index contributed by atoms with van der Waals surface area (Å²) in [6.45, 7) is 2.01. The normalized spacial score (nSPS) is 8.33.